The fourth-order valence-electron chi connectivity index (χ4n) is 11.5. The Morgan fingerprint density at radius 2 is 1.65 bits per heavy atom. The maximum Gasteiger partial charge on any atom is 0.309 e. The van der Waals surface area contributed by atoms with Gasteiger partial charge in [-0.2, -0.15) is 0 Å². The van der Waals surface area contributed by atoms with Crippen LogP contribution in [0.4, 0.5) is 0 Å². The summed E-state index contributed by atoms with van der Waals surface area (Å²) >= 11 is 0. The van der Waals surface area contributed by atoms with E-state index < -0.39 is 5.60 Å². The first-order valence-electron chi connectivity index (χ1n) is 17.0. The fourth-order valence-corrected chi connectivity index (χ4v) is 11.5. The molecular formula is C36H56O4. The van der Waals surface area contributed by atoms with Crippen molar-refractivity contribution in [3.05, 3.63) is 12.2 Å². The Labute approximate surface area is 243 Å². The van der Waals surface area contributed by atoms with E-state index in [-0.39, 0.29) is 24.0 Å². The van der Waals surface area contributed by atoms with Crippen LogP contribution in [0, 0.1) is 64.1 Å². The van der Waals surface area contributed by atoms with Gasteiger partial charge in [0.2, 0.25) is 0 Å². The average Bonchev–Trinajstić information content (AvgIpc) is 3.60. The van der Waals surface area contributed by atoms with Crippen LogP contribution in [0.25, 0.3) is 0 Å². The van der Waals surface area contributed by atoms with E-state index >= 15 is 0 Å². The van der Waals surface area contributed by atoms with Crippen molar-refractivity contribution in [3.63, 3.8) is 0 Å². The highest BCUT2D eigenvalue weighted by atomic mass is 16.6. The van der Waals surface area contributed by atoms with Crippen LogP contribution in [-0.4, -0.2) is 23.6 Å². The molecule has 6 aliphatic rings. The first-order chi connectivity index (χ1) is 18.9. The van der Waals surface area contributed by atoms with Gasteiger partial charge in [0.25, 0.3) is 0 Å². The molecule has 12 atom stereocenters. The average molecular weight is 553 g/mol. The molecule has 0 aliphatic heterocycles. The predicted octanol–water partition coefficient (Wildman–Crippen LogP) is 8.53. The van der Waals surface area contributed by atoms with Crippen LogP contribution < -0.4 is 0 Å². The van der Waals surface area contributed by atoms with Crippen molar-refractivity contribution in [1.82, 2.24) is 0 Å². The minimum absolute atomic E-state index is 0.0393. The summed E-state index contributed by atoms with van der Waals surface area (Å²) in [6.07, 6.45) is 19.9. The largest absolute Gasteiger partial charge is 0.462 e. The predicted molar refractivity (Wildman–Crippen MR) is 158 cm³/mol. The lowest BCUT2D eigenvalue weighted by Crippen LogP contribution is -2.54. The minimum atomic E-state index is -0.397. The van der Waals surface area contributed by atoms with Crippen LogP contribution in [0.3, 0.4) is 0 Å². The summed E-state index contributed by atoms with van der Waals surface area (Å²) < 4.78 is 11.9. The van der Waals surface area contributed by atoms with Crippen LogP contribution >= 0.6 is 0 Å². The molecule has 0 aromatic heterocycles. The van der Waals surface area contributed by atoms with Gasteiger partial charge in [-0.25, -0.2) is 0 Å². The minimum Gasteiger partial charge on any atom is -0.462 e. The number of carbonyl (C=O) groups excluding carboxylic acids is 2. The molecule has 0 spiro atoms. The van der Waals surface area contributed by atoms with Crippen molar-refractivity contribution in [3.8, 4) is 0 Å². The molecule has 6 aliphatic carbocycles. The highest BCUT2D eigenvalue weighted by Gasteiger charge is 2.61. The standard InChI is InChI=1S/C36H56O4/c1-22(7-14-32(37)40-34(2,3)4)29-12-13-30-27-11-10-25-21-26(39-33(38)28-20-23-8-9-24(28)19-23)15-17-35(25,5)31(27)16-18-36(29,30)6/h8-9,22-31H,7,10-21H2,1-6H3/t22-,23?,24?,25-,26-,27+,28?,29-,30+,31+,35+,36-/m1/s1. The number of fused-ring (bicyclic) bond motifs is 7. The van der Waals surface area contributed by atoms with E-state index in [4.69, 9.17) is 9.47 Å². The lowest BCUT2D eigenvalue weighted by atomic mass is 9.44. The van der Waals surface area contributed by atoms with Crippen LogP contribution in [0.15, 0.2) is 12.2 Å². The third-order valence-corrected chi connectivity index (χ3v) is 13.5. The van der Waals surface area contributed by atoms with Crippen molar-refractivity contribution in [2.75, 3.05) is 0 Å². The molecule has 5 fully saturated rings. The van der Waals surface area contributed by atoms with E-state index in [1.165, 1.54) is 44.9 Å². The summed E-state index contributed by atoms with van der Waals surface area (Å²) in [7, 11) is 0. The van der Waals surface area contributed by atoms with Gasteiger partial charge in [0.15, 0.2) is 0 Å². The molecule has 0 radical (unpaired) electrons. The second-order valence-electron chi connectivity index (χ2n) is 16.7. The van der Waals surface area contributed by atoms with Gasteiger partial charge in [0.05, 0.1) is 5.92 Å². The summed E-state index contributed by atoms with van der Waals surface area (Å²) in [5, 5.41) is 0. The lowest BCUT2D eigenvalue weighted by molar-refractivity contribution is -0.167. The van der Waals surface area contributed by atoms with Crippen LogP contribution in [0.5, 0.6) is 0 Å². The SMILES string of the molecule is C[C@H](CCC(=O)OC(C)(C)C)[C@H]1CC[C@H]2[C@@H]3CC[C@@H]4C[C@H](OC(=O)C5CC6C=CC5C6)CC[C@]4(C)[C@H]3CC[C@]12C. The van der Waals surface area contributed by atoms with Gasteiger partial charge in [0.1, 0.15) is 11.7 Å². The molecule has 0 N–H and O–H groups in total. The quantitative estimate of drug-likeness (QED) is 0.245. The van der Waals surface area contributed by atoms with Gasteiger partial charge in [-0.05, 0) is 156 Å². The topological polar surface area (TPSA) is 52.6 Å². The molecule has 40 heavy (non-hydrogen) atoms. The summed E-state index contributed by atoms with van der Waals surface area (Å²) in [5.41, 5.74) is 0.425. The zero-order valence-electron chi connectivity index (χ0n) is 26.3. The number of allylic oxidation sites excluding steroid dienone is 2. The summed E-state index contributed by atoms with van der Waals surface area (Å²) in [6.45, 7) is 13.5. The summed E-state index contributed by atoms with van der Waals surface area (Å²) in [5.74, 6) is 5.75. The Kier molecular flexibility index (Phi) is 7.51. The van der Waals surface area contributed by atoms with Crippen molar-refractivity contribution in [2.45, 2.75) is 137 Å². The molecule has 6 rings (SSSR count). The van der Waals surface area contributed by atoms with Crippen molar-refractivity contribution in [2.24, 2.45) is 64.1 Å². The normalized spacial score (nSPS) is 46.3. The second-order valence-corrected chi connectivity index (χ2v) is 16.7. The Morgan fingerprint density at radius 3 is 2.35 bits per heavy atom. The van der Waals surface area contributed by atoms with E-state index in [0.29, 0.717) is 40.9 Å². The van der Waals surface area contributed by atoms with E-state index in [0.717, 1.165) is 55.8 Å². The molecule has 0 amide bonds. The fraction of sp³-hybridized carbons (Fsp3) is 0.889. The molecule has 5 saturated carbocycles. The van der Waals surface area contributed by atoms with Gasteiger partial charge < -0.3 is 9.47 Å². The van der Waals surface area contributed by atoms with Crippen LogP contribution in [0.1, 0.15) is 125 Å². The first kappa shape index (κ1) is 28.8. The molecule has 2 bridgehead atoms. The maximum atomic E-state index is 13.1. The van der Waals surface area contributed by atoms with Crippen LogP contribution in [0.2, 0.25) is 0 Å². The molecule has 4 heteroatoms. The van der Waals surface area contributed by atoms with E-state index in [2.05, 4.69) is 32.9 Å². The number of hydrogen-bond donors (Lipinski definition) is 0. The van der Waals surface area contributed by atoms with Gasteiger partial charge in [-0.15, -0.1) is 0 Å². The Morgan fingerprint density at radius 1 is 0.900 bits per heavy atom. The lowest BCUT2D eigenvalue weighted by Gasteiger charge is -2.61. The molecule has 0 saturated heterocycles. The molecule has 0 aromatic carbocycles. The van der Waals surface area contributed by atoms with Gasteiger partial charge in [-0.3, -0.25) is 9.59 Å². The second kappa shape index (κ2) is 10.4. The maximum absolute atomic E-state index is 13.1. The van der Waals surface area contributed by atoms with Gasteiger partial charge in [-0.1, -0.05) is 32.9 Å². The molecule has 4 nitrogen and oxygen atoms in total. The van der Waals surface area contributed by atoms with E-state index in [1.54, 1.807) is 0 Å². The molecule has 3 unspecified atom stereocenters. The molecule has 224 valence electrons. The first-order valence-corrected chi connectivity index (χ1v) is 17.0. The Hall–Kier alpha value is -1.32. The summed E-state index contributed by atoms with van der Waals surface area (Å²) in [4.78, 5) is 25.5. The number of rotatable bonds is 6. The van der Waals surface area contributed by atoms with E-state index in [9.17, 15) is 9.59 Å². The van der Waals surface area contributed by atoms with Crippen molar-refractivity contribution in [1.29, 1.82) is 0 Å². The number of esters is 2. The number of carbonyl (C=O) groups is 2. The van der Waals surface area contributed by atoms with Crippen LogP contribution in [-0.2, 0) is 19.1 Å². The Balaban J connectivity index is 1.06. The monoisotopic (exact) mass is 552 g/mol. The van der Waals surface area contributed by atoms with Gasteiger partial charge in [0, 0.05) is 6.42 Å². The zero-order valence-corrected chi connectivity index (χ0v) is 26.3. The third-order valence-electron chi connectivity index (χ3n) is 13.5. The summed E-state index contributed by atoms with van der Waals surface area (Å²) in [6, 6.07) is 0. The third kappa shape index (κ3) is 5.10. The highest BCUT2D eigenvalue weighted by molar-refractivity contribution is 5.74. The van der Waals surface area contributed by atoms with Crippen molar-refractivity contribution >= 4 is 11.9 Å². The smallest absolute Gasteiger partial charge is 0.309 e. The molecule has 0 heterocycles. The van der Waals surface area contributed by atoms with Gasteiger partial charge >= 0.3 is 11.9 Å². The Bertz CT molecular complexity index is 1010. The highest BCUT2D eigenvalue weighted by Crippen LogP contribution is 2.68. The zero-order chi connectivity index (χ0) is 28.4. The van der Waals surface area contributed by atoms with Crippen molar-refractivity contribution < 1.29 is 19.1 Å². The molecule has 0 aromatic rings. The van der Waals surface area contributed by atoms with E-state index in [1.807, 2.05) is 20.8 Å². The molecular weight excluding hydrogens is 496 g/mol. The number of hydrogen-bond acceptors (Lipinski definition) is 4. The number of ether oxygens (including phenoxy) is 2.